The number of esters is 1. The number of nitrogens with zero attached hydrogens (tertiary/aromatic N) is 2. The molecule has 1 amide bonds. The largest absolute Gasteiger partial charge is 0.462 e. The fraction of sp³-hybridized carbons (Fsp3) is 0.286. The van der Waals surface area contributed by atoms with Gasteiger partial charge in [0.2, 0.25) is 0 Å². The van der Waals surface area contributed by atoms with E-state index in [1.807, 2.05) is 0 Å². The van der Waals surface area contributed by atoms with Crippen molar-refractivity contribution in [3.8, 4) is 6.07 Å². The van der Waals surface area contributed by atoms with Crippen LogP contribution >= 0.6 is 11.3 Å². The number of nitro groups is 1. The van der Waals surface area contributed by atoms with E-state index in [0.717, 1.165) is 36.1 Å². The Hall–Kier alpha value is -3.51. The number of nitriles is 1. The topological polar surface area (TPSA) is 122 Å². The van der Waals surface area contributed by atoms with Gasteiger partial charge in [0.05, 0.1) is 22.7 Å². The van der Waals surface area contributed by atoms with Gasteiger partial charge < -0.3 is 10.1 Å². The van der Waals surface area contributed by atoms with Gasteiger partial charge in [0, 0.05) is 10.9 Å². The number of amides is 1. The Balaban J connectivity index is 1.95. The number of hydrogen-bond donors (Lipinski definition) is 1. The first-order valence-electron chi connectivity index (χ1n) is 9.44. The first-order valence-corrected chi connectivity index (χ1v) is 10.3. The molecule has 1 heterocycles. The molecule has 8 nitrogen and oxygen atoms in total. The number of thiophene rings is 1. The average molecular weight is 425 g/mol. The SMILES string of the molecule is CCOC(=O)c1c(NC(=O)/C(C#N)=C\c2ccccc2[N+](=O)[O-])sc2c1CCCC2. The molecule has 0 aliphatic heterocycles. The molecule has 1 aromatic heterocycles. The van der Waals surface area contributed by atoms with E-state index in [-0.39, 0.29) is 23.4 Å². The van der Waals surface area contributed by atoms with E-state index in [2.05, 4.69) is 5.32 Å². The molecule has 1 N–H and O–H groups in total. The van der Waals surface area contributed by atoms with E-state index in [1.165, 1.54) is 35.6 Å². The number of para-hydroxylation sites is 1. The van der Waals surface area contributed by atoms with Gasteiger partial charge in [-0.25, -0.2) is 4.79 Å². The highest BCUT2D eigenvalue weighted by Gasteiger charge is 2.28. The molecule has 0 radical (unpaired) electrons. The van der Waals surface area contributed by atoms with Gasteiger partial charge in [-0.2, -0.15) is 5.26 Å². The third-order valence-electron chi connectivity index (χ3n) is 4.68. The molecule has 0 bridgehead atoms. The molecule has 0 saturated heterocycles. The van der Waals surface area contributed by atoms with Crippen LogP contribution in [0.3, 0.4) is 0 Å². The van der Waals surface area contributed by atoms with Crippen molar-refractivity contribution >= 4 is 40.0 Å². The second-order valence-electron chi connectivity index (χ2n) is 6.58. The second kappa shape index (κ2) is 9.33. The van der Waals surface area contributed by atoms with E-state index >= 15 is 0 Å². The molecule has 0 spiro atoms. The van der Waals surface area contributed by atoms with Crippen molar-refractivity contribution in [2.75, 3.05) is 11.9 Å². The molecule has 2 aromatic rings. The summed E-state index contributed by atoms with van der Waals surface area (Å²) in [7, 11) is 0. The molecule has 1 aliphatic carbocycles. The molecule has 0 atom stereocenters. The number of carbonyl (C=O) groups is 2. The van der Waals surface area contributed by atoms with Gasteiger partial charge in [0.25, 0.3) is 11.6 Å². The number of benzene rings is 1. The fourth-order valence-corrected chi connectivity index (χ4v) is 4.60. The van der Waals surface area contributed by atoms with Gasteiger partial charge in [0.15, 0.2) is 0 Å². The molecule has 0 fully saturated rings. The Labute approximate surface area is 176 Å². The lowest BCUT2D eigenvalue weighted by Gasteiger charge is -2.12. The zero-order valence-corrected chi connectivity index (χ0v) is 17.1. The van der Waals surface area contributed by atoms with E-state index < -0.39 is 16.8 Å². The van der Waals surface area contributed by atoms with E-state index in [1.54, 1.807) is 19.1 Å². The van der Waals surface area contributed by atoms with E-state index in [4.69, 9.17) is 4.74 Å². The third kappa shape index (κ3) is 4.39. The van der Waals surface area contributed by atoms with Crippen LogP contribution in [0.1, 0.15) is 46.1 Å². The van der Waals surface area contributed by atoms with Gasteiger partial charge in [-0.05, 0) is 50.3 Å². The maximum Gasteiger partial charge on any atom is 0.341 e. The van der Waals surface area contributed by atoms with E-state index in [0.29, 0.717) is 10.6 Å². The van der Waals surface area contributed by atoms with Crippen molar-refractivity contribution in [1.29, 1.82) is 5.26 Å². The van der Waals surface area contributed by atoms with Crippen molar-refractivity contribution in [1.82, 2.24) is 0 Å². The van der Waals surface area contributed by atoms with Gasteiger partial charge in [-0.3, -0.25) is 14.9 Å². The molecule has 9 heteroatoms. The smallest absolute Gasteiger partial charge is 0.341 e. The van der Waals surface area contributed by atoms with Crippen LogP contribution in [0.5, 0.6) is 0 Å². The Kier molecular flexibility index (Phi) is 6.59. The monoisotopic (exact) mass is 425 g/mol. The summed E-state index contributed by atoms with van der Waals surface area (Å²) in [6.07, 6.45) is 4.67. The third-order valence-corrected chi connectivity index (χ3v) is 5.88. The van der Waals surface area contributed by atoms with Crippen LogP contribution in [0.25, 0.3) is 6.08 Å². The van der Waals surface area contributed by atoms with E-state index in [9.17, 15) is 25.0 Å². The average Bonchev–Trinajstić information content (AvgIpc) is 3.10. The predicted octanol–water partition coefficient (Wildman–Crippen LogP) is 4.26. The summed E-state index contributed by atoms with van der Waals surface area (Å²) >= 11 is 1.31. The number of nitro benzene ring substituents is 1. The maximum atomic E-state index is 12.8. The number of anilines is 1. The number of ether oxygens (including phenoxy) is 1. The van der Waals surface area contributed by atoms with Crippen LogP contribution in [0.2, 0.25) is 0 Å². The lowest BCUT2D eigenvalue weighted by Crippen LogP contribution is -2.16. The lowest BCUT2D eigenvalue weighted by molar-refractivity contribution is -0.385. The number of hydrogen-bond acceptors (Lipinski definition) is 7. The Morgan fingerprint density at radius 2 is 2.07 bits per heavy atom. The highest BCUT2D eigenvalue weighted by atomic mass is 32.1. The first kappa shape index (κ1) is 21.2. The molecule has 3 rings (SSSR count). The number of fused-ring (bicyclic) bond motifs is 1. The Morgan fingerprint density at radius 3 is 2.77 bits per heavy atom. The molecular formula is C21H19N3O5S. The summed E-state index contributed by atoms with van der Waals surface area (Å²) in [6.45, 7) is 1.91. The number of carbonyl (C=O) groups excluding carboxylic acids is 2. The van der Waals surface area contributed by atoms with Crippen molar-refractivity contribution < 1.29 is 19.2 Å². The number of rotatable bonds is 6. The summed E-state index contributed by atoms with van der Waals surface area (Å²) in [4.78, 5) is 36.9. The number of nitrogens with one attached hydrogen (secondary N) is 1. The van der Waals surface area contributed by atoms with Crippen molar-refractivity contribution in [3.63, 3.8) is 0 Å². The van der Waals surface area contributed by atoms with Crippen LogP contribution in [0, 0.1) is 21.4 Å². The fourth-order valence-electron chi connectivity index (χ4n) is 3.32. The molecule has 1 aromatic carbocycles. The van der Waals surface area contributed by atoms with Crippen molar-refractivity contribution in [3.05, 3.63) is 61.5 Å². The van der Waals surface area contributed by atoms with Gasteiger partial charge >= 0.3 is 5.97 Å². The lowest BCUT2D eigenvalue weighted by atomic mass is 9.95. The summed E-state index contributed by atoms with van der Waals surface area (Å²) in [5, 5.41) is 23.6. The van der Waals surface area contributed by atoms with Crippen LogP contribution < -0.4 is 5.32 Å². The zero-order valence-electron chi connectivity index (χ0n) is 16.3. The number of aryl methyl sites for hydroxylation is 1. The molecule has 30 heavy (non-hydrogen) atoms. The van der Waals surface area contributed by atoms with Gasteiger partial charge in [-0.1, -0.05) is 12.1 Å². The molecule has 1 aliphatic rings. The highest BCUT2D eigenvalue weighted by Crippen LogP contribution is 2.38. The first-order chi connectivity index (χ1) is 14.5. The maximum absolute atomic E-state index is 12.8. The van der Waals surface area contributed by atoms with Crippen LogP contribution in [0.15, 0.2) is 29.8 Å². The van der Waals surface area contributed by atoms with Crippen molar-refractivity contribution in [2.24, 2.45) is 0 Å². The normalized spacial score (nSPS) is 13.1. The van der Waals surface area contributed by atoms with Crippen LogP contribution in [-0.2, 0) is 22.4 Å². The minimum Gasteiger partial charge on any atom is -0.462 e. The minimum absolute atomic E-state index is 0.144. The van der Waals surface area contributed by atoms with Gasteiger partial charge in [0.1, 0.15) is 16.6 Å². The van der Waals surface area contributed by atoms with Crippen LogP contribution in [-0.4, -0.2) is 23.4 Å². The van der Waals surface area contributed by atoms with Crippen LogP contribution in [0.4, 0.5) is 10.7 Å². The molecular weight excluding hydrogens is 406 g/mol. The standard InChI is InChI=1S/C21H19N3O5S/c1-2-29-21(26)18-15-8-4-6-10-17(15)30-20(18)23-19(25)14(12-22)11-13-7-3-5-9-16(13)24(27)28/h3,5,7,9,11H,2,4,6,8,10H2,1H3,(H,23,25)/b14-11-. The summed E-state index contributed by atoms with van der Waals surface area (Å²) in [6, 6.07) is 7.62. The van der Waals surface area contributed by atoms with Gasteiger partial charge in [-0.15, -0.1) is 11.3 Å². The minimum atomic E-state index is -0.736. The zero-order chi connectivity index (χ0) is 21.7. The highest BCUT2D eigenvalue weighted by molar-refractivity contribution is 7.17. The molecule has 154 valence electrons. The quantitative estimate of drug-likeness (QED) is 0.243. The van der Waals surface area contributed by atoms with Crippen molar-refractivity contribution in [2.45, 2.75) is 32.6 Å². The Morgan fingerprint density at radius 1 is 1.33 bits per heavy atom. The molecule has 0 saturated carbocycles. The Bertz CT molecular complexity index is 1080. The molecule has 0 unspecified atom stereocenters. The summed E-state index contributed by atoms with van der Waals surface area (Å²) in [5.74, 6) is -1.24. The summed E-state index contributed by atoms with van der Waals surface area (Å²) in [5.41, 5.74) is 0.863. The second-order valence-corrected chi connectivity index (χ2v) is 7.68. The summed E-state index contributed by atoms with van der Waals surface area (Å²) < 4.78 is 5.16. The predicted molar refractivity (Wildman–Crippen MR) is 112 cm³/mol.